The van der Waals surface area contributed by atoms with Crippen LogP contribution in [0.5, 0.6) is 17.2 Å². The summed E-state index contributed by atoms with van der Waals surface area (Å²) in [4.78, 5) is 13.3. The van der Waals surface area contributed by atoms with Crippen LogP contribution in [0.2, 0.25) is 5.02 Å². The summed E-state index contributed by atoms with van der Waals surface area (Å²) in [7, 11) is 4.65. The molecule has 2 N–H and O–H groups in total. The number of carbonyl (C=O) groups excluding carboxylic acids is 1. The number of hydrazine groups is 1. The average Bonchev–Trinajstić information content (AvgIpc) is 3.25. The largest absolute Gasteiger partial charge is 0.496 e. The van der Waals surface area contributed by atoms with Gasteiger partial charge in [-0.05, 0) is 36.2 Å². The summed E-state index contributed by atoms with van der Waals surface area (Å²) in [6.07, 6.45) is 4.01. The van der Waals surface area contributed by atoms with E-state index in [1.807, 2.05) is 23.4 Å². The molecule has 0 saturated carbocycles. The van der Waals surface area contributed by atoms with Crippen LogP contribution in [0.1, 0.15) is 15.9 Å². The molecule has 154 valence electrons. The number of nitrogens with zero attached hydrogens (tertiary/aromatic N) is 1. The maximum absolute atomic E-state index is 12.7. The molecular formula is C20H22ClN3O4S. The van der Waals surface area contributed by atoms with Gasteiger partial charge in [-0.2, -0.15) is 0 Å². The maximum atomic E-state index is 12.7. The van der Waals surface area contributed by atoms with Gasteiger partial charge in [0.25, 0.3) is 5.91 Å². The van der Waals surface area contributed by atoms with E-state index < -0.39 is 0 Å². The molecule has 7 nitrogen and oxygen atoms in total. The molecule has 2 aromatic carbocycles. The van der Waals surface area contributed by atoms with E-state index in [9.17, 15) is 4.79 Å². The van der Waals surface area contributed by atoms with Crippen molar-refractivity contribution in [2.24, 2.45) is 0 Å². The van der Waals surface area contributed by atoms with Crippen LogP contribution in [0.25, 0.3) is 0 Å². The van der Waals surface area contributed by atoms with Crippen LogP contribution in [0, 0.1) is 0 Å². The second kappa shape index (κ2) is 9.78. The number of nitrogens with one attached hydrogen (secondary N) is 2. The van der Waals surface area contributed by atoms with Crippen molar-refractivity contribution < 1.29 is 19.0 Å². The van der Waals surface area contributed by atoms with Crippen molar-refractivity contribution in [3.05, 3.63) is 58.8 Å². The first kappa shape index (κ1) is 21.2. The van der Waals surface area contributed by atoms with Gasteiger partial charge in [0, 0.05) is 23.9 Å². The molecular weight excluding hydrogens is 414 g/mol. The van der Waals surface area contributed by atoms with Gasteiger partial charge < -0.3 is 19.2 Å². The molecule has 1 aliphatic rings. The standard InChI is InChI=1S/C20H22ClN3O4S/c1-26-16-8-7-15(21)18(28-3)19(16)29-23-20(25)13-5-6-14(17(11-13)27-2)12-24-10-4-9-22-24/h4-8,10-11,22H,9,12H2,1-3H3,(H,23,25). The minimum Gasteiger partial charge on any atom is -0.496 e. The summed E-state index contributed by atoms with van der Waals surface area (Å²) in [6, 6.07) is 8.77. The Morgan fingerprint density at radius 2 is 1.97 bits per heavy atom. The van der Waals surface area contributed by atoms with Crippen molar-refractivity contribution in [1.82, 2.24) is 15.2 Å². The number of carbonyl (C=O) groups is 1. The molecule has 1 aliphatic heterocycles. The molecule has 0 aromatic heterocycles. The Morgan fingerprint density at radius 3 is 2.62 bits per heavy atom. The zero-order chi connectivity index (χ0) is 20.8. The first-order valence-corrected chi connectivity index (χ1v) is 9.98. The fourth-order valence-electron chi connectivity index (χ4n) is 2.84. The normalized spacial score (nSPS) is 12.8. The minimum atomic E-state index is -0.275. The van der Waals surface area contributed by atoms with Crippen LogP contribution in [-0.2, 0) is 6.54 Å². The van der Waals surface area contributed by atoms with Crippen molar-refractivity contribution in [2.45, 2.75) is 11.4 Å². The van der Waals surface area contributed by atoms with E-state index in [0.717, 1.165) is 24.1 Å². The van der Waals surface area contributed by atoms with Crippen molar-refractivity contribution in [3.63, 3.8) is 0 Å². The maximum Gasteiger partial charge on any atom is 0.261 e. The summed E-state index contributed by atoms with van der Waals surface area (Å²) in [5.74, 6) is 1.36. The molecule has 0 saturated heterocycles. The predicted octanol–water partition coefficient (Wildman–Crippen LogP) is 3.64. The third-order valence-electron chi connectivity index (χ3n) is 4.29. The Morgan fingerprint density at radius 1 is 1.17 bits per heavy atom. The third-order valence-corrected chi connectivity index (χ3v) is 5.46. The third kappa shape index (κ3) is 4.90. The Kier molecular flexibility index (Phi) is 7.13. The fraction of sp³-hybridized carbons (Fsp3) is 0.250. The molecule has 3 rings (SSSR count). The van der Waals surface area contributed by atoms with Gasteiger partial charge in [0.05, 0.1) is 32.9 Å². The van der Waals surface area contributed by atoms with Gasteiger partial charge >= 0.3 is 0 Å². The topological polar surface area (TPSA) is 72.1 Å². The Bertz CT molecular complexity index is 923. The zero-order valence-electron chi connectivity index (χ0n) is 16.3. The number of rotatable bonds is 8. The van der Waals surface area contributed by atoms with Crippen molar-refractivity contribution in [2.75, 3.05) is 27.9 Å². The summed E-state index contributed by atoms with van der Waals surface area (Å²) in [5.41, 5.74) is 4.65. The van der Waals surface area contributed by atoms with Gasteiger partial charge in [-0.25, -0.2) is 5.43 Å². The quantitative estimate of drug-likeness (QED) is 0.613. The molecule has 0 fully saturated rings. The lowest BCUT2D eigenvalue weighted by Crippen LogP contribution is -2.28. The molecule has 0 spiro atoms. The summed E-state index contributed by atoms with van der Waals surface area (Å²) >= 11 is 7.26. The molecule has 9 heteroatoms. The SMILES string of the molecule is COc1cc(C(=O)NSc2c(OC)ccc(Cl)c2OC)ccc1CN1C=CCN1. The molecule has 0 atom stereocenters. The zero-order valence-corrected chi connectivity index (χ0v) is 17.9. The Labute approximate surface area is 179 Å². The first-order chi connectivity index (χ1) is 14.1. The molecule has 0 bridgehead atoms. The fourth-order valence-corrected chi connectivity index (χ4v) is 3.98. The van der Waals surface area contributed by atoms with Crippen LogP contribution in [0.3, 0.4) is 0 Å². The average molecular weight is 436 g/mol. The van der Waals surface area contributed by atoms with Gasteiger partial charge in [-0.15, -0.1) is 0 Å². The van der Waals surface area contributed by atoms with E-state index in [0.29, 0.717) is 39.3 Å². The highest BCUT2D eigenvalue weighted by molar-refractivity contribution is 7.98. The smallest absolute Gasteiger partial charge is 0.261 e. The van der Waals surface area contributed by atoms with E-state index in [1.54, 1.807) is 38.5 Å². The van der Waals surface area contributed by atoms with E-state index in [1.165, 1.54) is 7.11 Å². The van der Waals surface area contributed by atoms with E-state index in [-0.39, 0.29) is 5.91 Å². The van der Waals surface area contributed by atoms with Crippen molar-refractivity contribution in [3.8, 4) is 17.2 Å². The van der Waals surface area contributed by atoms with Gasteiger partial charge in [0.15, 0.2) is 5.75 Å². The van der Waals surface area contributed by atoms with Gasteiger partial charge in [0.2, 0.25) is 0 Å². The number of methoxy groups -OCH3 is 3. The molecule has 0 radical (unpaired) electrons. The summed E-state index contributed by atoms with van der Waals surface area (Å²) in [5, 5.41) is 2.39. The number of halogens is 1. The minimum absolute atomic E-state index is 0.275. The first-order valence-electron chi connectivity index (χ1n) is 8.78. The summed E-state index contributed by atoms with van der Waals surface area (Å²) < 4.78 is 19.0. The molecule has 0 aliphatic carbocycles. The number of hydrogen-bond donors (Lipinski definition) is 2. The van der Waals surface area contributed by atoms with Crippen LogP contribution in [-0.4, -0.2) is 38.8 Å². The lowest BCUT2D eigenvalue weighted by Gasteiger charge is -2.18. The Hall–Kier alpha value is -2.55. The molecule has 1 heterocycles. The van der Waals surface area contributed by atoms with Crippen LogP contribution >= 0.6 is 23.5 Å². The highest BCUT2D eigenvalue weighted by Gasteiger charge is 2.18. The van der Waals surface area contributed by atoms with Crippen LogP contribution in [0.15, 0.2) is 47.5 Å². The lowest BCUT2D eigenvalue weighted by atomic mass is 10.1. The highest BCUT2D eigenvalue weighted by Crippen LogP contribution is 2.41. The van der Waals surface area contributed by atoms with Crippen LogP contribution in [0.4, 0.5) is 0 Å². The number of ether oxygens (including phenoxy) is 3. The molecule has 0 unspecified atom stereocenters. The van der Waals surface area contributed by atoms with Gasteiger partial charge in [0.1, 0.15) is 16.4 Å². The second-order valence-corrected chi connectivity index (χ2v) is 7.27. The van der Waals surface area contributed by atoms with E-state index in [2.05, 4.69) is 10.1 Å². The van der Waals surface area contributed by atoms with Gasteiger partial charge in [-0.1, -0.05) is 23.7 Å². The predicted molar refractivity (Wildman–Crippen MR) is 114 cm³/mol. The van der Waals surface area contributed by atoms with E-state index >= 15 is 0 Å². The molecule has 1 amide bonds. The second-order valence-electron chi connectivity index (χ2n) is 6.05. The molecule has 2 aromatic rings. The van der Waals surface area contributed by atoms with E-state index in [4.69, 9.17) is 25.8 Å². The van der Waals surface area contributed by atoms with Crippen molar-refractivity contribution >= 4 is 29.5 Å². The summed E-state index contributed by atoms with van der Waals surface area (Å²) in [6.45, 7) is 1.43. The Balaban J connectivity index is 1.74. The lowest BCUT2D eigenvalue weighted by molar-refractivity contribution is 0.0984. The number of benzene rings is 2. The number of hydrogen-bond acceptors (Lipinski definition) is 7. The monoisotopic (exact) mass is 435 g/mol. The van der Waals surface area contributed by atoms with Crippen molar-refractivity contribution in [1.29, 1.82) is 0 Å². The molecule has 29 heavy (non-hydrogen) atoms. The van der Waals surface area contributed by atoms with Crippen LogP contribution < -0.4 is 24.4 Å². The van der Waals surface area contributed by atoms with Gasteiger partial charge in [-0.3, -0.25) is 9.52 Å². The highest BCUT2D eigenvalue weighted by atomic mass is 35.5. The number of amides is 1.